The molecule has 1 aliphatic rings. The predicted molar refractivity (Wildman–Crippen MR) is 68.4 cm³/mol. The van der Waals surface area contributed by atoms with Gasteiger partial charge in [0.05, 0.1) is 11.3 Å². The maximum atomic E-state index is 12.0. The lowest BCUT2D eigenvalue weighted by Crippen LogP contribution is -2.54. The van der Waals surface area contributed by atoms with Crippen LogP contribution in [0.3, 0.4) is 0 Å². The topological polar surface area (TPSA) is 40.6 Å². The lowest BCUT2D eigenvalue weighted by Gasteiger charge is -2.33. The summed E-state index contributed by atoms with van der Waals surface area (Å²) in [5, 5.41) is 0.165. The van der Waals surface area contributed by atoms with Crippen LogP contribution in [0.4, 0.5) is 5.69 Å². The Labute approximate surface area is 104 Å². The van der Waals surface area contributed by atoms with Gasteiger partial charge in [0, 0.05) is 7.05 Å². The Balaban J connectivity index is 2.47. The highest BCUT2D eigenvalue weighted by molar-refractivity contribution is 7.80. The fourth-order valence-electron chi connectivity index (χ4n) is 1.56. The van der Waals surface area contributed by atoms with Gasteiger partial charge in [0.2, 0.25) is 0 Å². The number of carbonyl (C=O) groups is 2. The van der Waals surface area contributed by atoms with Crippen molar-refractivity contribution in [1.29, 1.82) is 0 Å². The molecule has 1 heterocycles. The largest absolute Gasteiger partial charge is 0.287 e. The van der Waals surface area contributed by atoms with E-state index in [9.17, 15) is 9.59 Å². The van der Waals surface area contributed by atoms with Crippen molar-refractivity contribution in [1.82, 2.24) is 4.90 Å². The van der Waals surface area contributed by atoms with Crippen LogP contribution in [0.5, 0.6) is 0 Å². The molecule has 0 saturated carbocycles. The average Bonchev–Trinajstić information content (AvgIpc) is 2.36. The molecule has 0 unspecified atom stereocenters. The maximum Gasteiger partial charge on any atom is 0.269 e. The smallest absolute Gasteiger partial charge is 0.269 e. The average molecular weight is 246 g/mol. The lowest BCUT2D eigenvalue weighted by molar-refractivity contribution is -0.127. The number of amides is 2. The summed E-state index contributed by atoms with van der Waals surface area (Å²) in [6, 6.07) is 8.93. The first-order chi connectivity index (χ1) is 8.04. The first kappa shape index (κ1) is 11.5. The van der Waals surface area contributed by atoms with Crippen molar-refractivity contribution in [2.75, 3.05) is 11.9 Å². The van der Waals surface area contributed by atoms with Crippen LogP contribution in [0.1, 0.15) is 0 Å². The van der Waals surface area contributed by atoms with E-state index in [2.05, 4.69) is 6.58 Å². The van der Waals surface area contributed by atoms with Crippen molar-refractivity contribution in [2.24, 2.45) is 0 Å². The highest BCUT2D eigenvalue weighted by Gasteiger charge is 2.36. The van der Waals surface area contributed by atoms with Crippen LogP contribution in [0.2, 0.25) is 0 Å². The summed E-state index contributed by atoms with van der Waals surface area (Å²) < 4.78 is 0. The van der Waals surface area contributed by atoms with Crippen molar-refractivity contribution in [3.63, 3.8) is 0 Å². The molecule has 17 heavy (non-hydrogen) atoms. The number of likely N-dealkylation sites (N-methyl/N-ethyl adjacent to an activating group) is 1. The van der Waals surface area contributed by atoms with Crippen molar-refractivity contribution in [2.45, 2.75) is 0 Å². The van der Waals surface area contributed by atoms with Gasteiger partial charge >= 0.3 is 0 Å². The Kier molecular flexibility index (Phi) is 2.77. The van der Waals surface area contributed by atoms with Gasteiger partial charge in [0.1, 0.15) is 0 Å². The van der Waals surface area contributed by atoms with E-state index in [0.29, 0.717) is 5.69 Å². The molecule has 4 nitrogen and oxygen atoms in total. The SMILES string of the molecule is C=C1C(=O)N(C)C(=S)N(c2ccccc2)C1=O. The second-order valence-corrected chi connectivity index (χ2v) is 3.97. The molecule has 1 aromatic rings. The zero-order valence-electron chi connectivity index (χ0n) is 9.21. The number of thiocarbonyl (C=S) groups is 1. The van der Waals surface area contributed by atoms with Gasteiger partial charge in [-0.05, 0) is 24.4 Å². The summed E-state index contributed by atoms with van der Waals surface area (Å²) in [4.78, 5) is 26.1. The third kappa shape index (κ3) is 1.74. The molecule has 1 saturated heterocycles. The molecule has 0 N–H and O–H groups in total. The number of rotatable bonds is 1. The number of hydrogen-bond acceptors (Lipinski definition) is 3. The van der Waals surface area contributed by atoms with Gasteiger partial charge in [0.15, 0.2) is 5.11 Å². The van der Waals surface area contributed by atoms with Gasteiger partial charge in [-0.3, -0.25) is 19.4 Å². The Morgan fingerprint density at radius 3 is 2.29 bits per heavy atom. The van der Waals surface area contributed by atoms with Gasteiger partial charge in [-0.25, -0.2) is 0 Å². The van der Waals surface area contributed by atoms with Gasteiger partial charge in [-0.15, -0.1) is 0 Å². The quantitative estimate of drug-likeness (QED) is 0.426. The second-order valence-electron chi connectivity index (χ2n) is 3.60. The van der Waals surface area contributed by atoms with Crippen molar-refractivity contribution in [3.8, 4) is 0 Å². The molecule has 0 atom stereocenters. The minimum absolute atomic E-state index is 0.0787. The first-order valence-corrected chi connectivity index (χ1v) is 5.35. The zero-order chi connectivity index (χ0) is 12.6. The molecule has 0 bridgehead atoms. The third-order valence-corrected chi connectivity index (χ3v) is 2.97. The van der Waals surface area contributed by atoms with E-state index in [4.69, 9.17) is 12.2 Å². The summed E-state index contributed by atoms with van der Waals surface area (Å²) in [5.74, 6) is -0.920. The highest BCUT2D eigenvalue weighted by Crippen LogP contribution is 2.22. The van der Waals surface area contributed by atoms with E-state index in [1.54, 1.807) is 24.3 Å². The van der Waals surface area contributed by atoms with Crippen molar-refractivity contribution in [3.05, 3.63) is 42.5 Å². The molecule has 5 heteroatoms. The highest BCUT2D eigenvalue weighted by atomic mass is 32.1. The first-order valence-electron chi connectivity index (χ1n) is 4.94. The van der Waals surface area contributed by atoms with E-state index < -0.39 is 11.8 Å². The van der Waals surface area contributed by atoms with Crippen LogP contribution >= 0.6 is 12.2 Å². The molecule has 1 aromatic carbocycles. The molecule has 0 radical (unpaired) electrons. The van der Waals surface area contributed by atoms with Crippen LogP contribution < -0.4 is 4.90 Å². The van der Waals surface area contributed by atoms with E-state index in [0.717, 1.165) is 0 Å². The fraction of sp³-hybridized carbons (Fsp3) is 0.0833. The summed E-state index contributed by atoms with van der Waals surface area (Å²) >= 11 is 5.11. The molecule has 0 aromatic heterocycles. The van der Waals surface area contributed by atoms with Crippen LogP contribution in [0.15, 0.2) is 42.5 Å². The van der Waals surface area contributed by atoms with Crippen molar-refractivity contribution < 1.29 is 9.59 Å². The van der Waals surface area contributed by atoms with Gasteiger partial charge < -0.3 is 0 Å². The molecular formula is C12H10N2O2S. The summed E-state index contributed by atoms with van der Waals surface area (Å²) in [6.07, 6.45) is 0. The maximum absolute atomic E-state index is 12.0. The molecular weight excluding hydrogens is 236 g/mol. The van der Waals surface area contributed by atoms with Crippen LogP contribution in [0, 0.1) is 0 Å². The Hall–Kier alpha value is -2.01. The number of para-hydroxylation sites is 1. The Morgan fingerprint density at radius 1 is 1.12 bits per heavy atom. The lowest BCUT2D eigenvalue weighted by atomic mass is 10.1. The predicted octanol–water partition coefficient (Wildman–Crippen LogP) is 1.33. The minimum atomic E-state index is -0.468. The Bertz CT molecular complexity index is 525. The number of hydrogen-bond donors (Lipinski definition) is 0. The fourth-order valence-corrected chi connectivity index (χ4v) is 1.83. The number of anilines is 1. The minimum Gasteiger partial charge on any atom is -0.287 e. The summed E-state index contributed by atoms with van der Waals surface area (Å²) in [5.41, 5.74) is 0.549. The molecule has 1 aliphatic heterocycles. The van der Waals surface area contributed by atoms with E-state index >= 15 is 0 Å². The van der Waals surface area contributed by atoms with Gasteiger partial charge in [-0.1, -0.05) is 24.8 Å². The second kappa shape index (κ2) is 4.10. The van der Waals surface area contributed by atoms with Crippen molar-refractivity contribution >= 4 is 34.8 Å². The standard InChI is InChI=1S/C12H10N2O2S/c1-8-10(15)13(2)12(17)14(11(8)16)9-6-4-3-5-7-9/h3-7H,1H2,2H3. The number of nitrogens with zero attached hydrogens (tertiary/aromatic N) is 2. The van der Waals surface area contributed by atoms with Gasteiger partial charge in [0.25, 0.3) is 11.8 Å². The summed E-state index contributed by atoms with van der Waals surface area (Å²) in [6.45, 7) is 3.49. The number of benzene rings is 1. The van der Waals surface area contributed by atoms with Crippen LogP contribution in [0.25, 0.3) is 0 Å². The third-order valence-electron chi connectivity index (χ3n) is 2.52. The molecule has 0 spiro atoms. The van der Waals surface area contributed by atoms with Gasteiger partial charge in [-0.2, -0.15) is 0 Å². The normalized spacial score (nSPS) is 16.8. The molecule has 2 rings (SSSR count). The Morgan fingerprint density at radius 2 is 1.71 bits per heavy atom. The van der Waals surface area contributed by atoms with E-state index in [-0.39, 0.29) is 10.7 Å². The van der Waals surface area contributed by atoms with Crippen LogP contribution in [-0.4, -0.2) is 28.9 Å². The zero-order valence-corrected chi connectivity index (χ0v) is 10.0. The van der Waals surface area contributed by atoms with E-state index in [1.807, 2.05) is 6.07 Å². The summed E-state index contributed by atoms with van der Waals surface area (Å²) in [7, 11) is 1.53. The van der Waals surface area contributed by atoms with E-state index in [1.165, 1.54) is 16.8 Å². The molecule has 86 valence electrons. The van der Waals surface area contributed by atoms with Crippen LogP contribution in [-0.2, 0) is 9.59 Å². The molecule has 0 aliphatic carbocycles. The molecule has 2 amide bonds. The monoisotopic (exact) mass is 246 g/mol. The molecule has 1 fully saturated rings. The number of carbonyl (C=O) groups excluding carboxylic acids is 2.